The van der Waals surface area contributed by atoms with Gasteiger partial charge in [-0.15, -0.1) is 0 Å². The van der Waals surface area contributed by atoms with E-state index in [0.717, 1.165) is 35.4 Å². The molecule has 2 aliphatic rings. The van der Waals surface area contributed by atoms with Gasteiger partial charge in [-0.2, -0.15) is 0 Å². The van der Waals surface area contributed by atoms with Crippen LogP contribution in [0.5, 0.6) is 0 Å². The fourth-order valence-corrected chi connectivity index (χ4v) is 4.90. The second-order valence-electron chi connectivity index (χ2n) is 7.87. The van der Waals surface area contributed by atoms with Gasteiger partial charge in [-0.3, -0.25) is 10.1 Å². The van der Waals surface area contributed by atoms with Gasteiger partial charge in [0, 0.05) is 30.0 Å². The normalized spacial score (nSPS) is 22.5. The van der Waals surface area contributed by atoms with Crippen LogP contribution in [0.1, 0.15) is 51.5 Å². The smallest absolute Gasteiger partial charge is 0.269 e. The molecule has 1 aliphatic carbocycles. The van der Waals surface area contributed by atoms with Crippen LogP contribution in [0.3, 0.4) is 0 Å². The number of benzene rings is 1. The van der Waals surface area contributed by atoms with E-state index in [9.17, 15) is 10.1 Å². The lowest BCUT2D eigenvalue weighted by Crippen LogP contribution is -2.34. The molecule has 1 aromatic rings. The van der Waals surface area contributed by atoms with Crippen LogP contribution in [-0.4, -0.2) is 32.8 Å². The summed E-state index contributed by atoms with van der Waals surface area (Å²) in [4.78, 5) is 17.9. The molecule has 3 rings (SSSR count). The van der Waals surface area contributed by atoms with Crippen molar-refractivity contribution in [1.29, 1.82) is 0 Å². The number of hydrogen-bond acceptors (Lipinski definition) is 4. The van der Waals surface area contributed by atoms with Crippen LogP contribution in [-0.2, 0) is 0 Å². The van der Waals surface area contributed by atoms with Crippen molar-refractivity contribution in [2.24, 2.45) is 10.9 Å². The monoisotopic (exact) mass is 361 g/mol. The van der Waals surface area contributed by atoms with Crippen LogP contribution >= 0.6 is 11.8 Å². The van der Waals surface area contributed by atoms with E-state index in [2.05, 4.69) is 18.7 Å². The van der Waals surface area contributed by atoms with Gasteiger partial charge in [0.2, 0.25) is 0 Å². The second kappa shape index (κ2) is 7.36. The third-order valence-electron chi connectivity index (χ3n) is 5.02. The van der Waals surface area contributed by atoms with Crippen molar-refractivity contribution in [2.75, 3.05) is 13.1 Å². The van der Waals surface area contributed by atoms with E-state index in [1.54, 1.807) is 18.2 Å². The zero-order chi connectivity index (χ0) is 18.0. The zero-order valence-corrected chi connectivity index (χ0v) is 16.1. The summed E-state index contributed by atoms with van der Waals surface area (Å²) in [6.07, 6.45) is 6.72. The van der Waals surface area contributed by atoms with Gasteiger partial charge in [-0.05, 0) is 51.2 Å². The van der Waals surface area contributed by atoms with E-state index in [1.807, 2.05) is 18.7 Å². The summed E-state index contributed by atoms with van der Waals surface area (Å²) in [5.41, 5.74) is 1.81. The van der Waals surface area contributed by atoms with E-state index >= 15 is 0 Å². The highest BCUT2D eigenvalue weighted by Crippen LogP contribution is 2.39. The minimum atomic E-state index is -0.354. The SMILES string of the molecule is Cc1cc([N+](=O)[O-])ccc1N=C1SC(C)(C)CN1CC1CCCCC1. The maximum atomic E-state index is 10.9. The first kappa shape index (κ1) is 18.2. The van der Waals surface area contributed by atoms with Crippen molar-refractivity contribution in [3.63, 3.8) is 0 Å². The van der Waals surface area contributed by atoms with Gasteiger partial charge in [0.25, 0.3) is 5.69 Å². The minimum Gasteiger partial charge on any atom is -0.350 e. The van der Waals surface area contributed by atoms with Crippen molar-refractivity contribution < 1.29 is 4.92 Å². The van der Waals surface area contributed by atoms with E-state index in [1.165, 1.54) is 32.1 Å². The van der Waals surface area contributed by atoms with Gasteiger partial charge in [-0.1, -0.05) is 31.0 Å². The Balaban J connectivity index is 1.82. The largest absolute Gasteiger partial charge is 0.350 e. The summed E-state index contributed by atoms with van der Waals surface area (Å²) in [5.74, 6) is 0.770. The summed E-state index contributed by atoms with van der Waals surface area (Å²) < 4.78 is 0.155. The lowest BCUT2D eigenvalue weighted by molar-refractivity contribution is -0.384. The van der Waals surface area contributed by atoms with Crippen molar-refractivity contribution >= 4 is 28.3 Å². The number of aliphatic imine (C=N–C) groups is 1. The van der Waals surface area contributed by atoms with E-state index in [-0.39, 0.29) is 15.4 Å². The molecule has 0 unspecified atom stereocenters. The number of non-ortho nitro benzene ring substituents is 1. The highest BCUT2D eigenvalue weighted by Gasteiger charge is 2.36. The summed E-state index contributed by atoms with van der Waals surface area (Å²) >= 11 is 1.82. The molecule has 1 heterocycles. The summed E-state index contributed by atoms with van der Waals surface area (Å²) in [7, 11) is 0. The molecule has 1 saturated carbocycles. The fourth-order valence-electron chi connectivity index (χ4n) is 3.77. The molecule has 0 N–H and O–H groups in total. The maximum absolute atomic E-state index is 10.9. The first-order chi connectivity index (χ1) is 11.8. The van der Waals surface area contributed by atoms with Gasteiger partial charge in [0.15, 0.2) is 5.17 Å². The molecule has 136 valence electrons. The third kappa shape index (κ3) is 4.54. The van der Waals surface area contributed by atoms with Gasteiger partial charge in [0.1, 0.15) is 0 Å². The predicted molar refractivity (Wildman–Crippen MR) is 105 cm³/mol. The Morgan fingerprint density at radius 1 is 1.32 bits per heavy atom. The molecule has 25 heavy (non-hydrogen) atoms. The number of nitro benzene ring substituents is 1. The lowest BCUT2D eigenvalue weighted by atomic mass is 9.89. The Bertz CT molecular complexity index is 681. The number of hydrogen-bond donors (Lipinski definition) is 0. The topological polar surface area (TPSA) is 58.7 Å². The Morgan fingerprint density at radius 3 is 2.68 bits per heavy atom. The van der Waals surface area contributed by atoms with Gasteiger partial charge < -0.3 is 4.90 Å². The third-order valence-corrected chi connectivity index (χ3v) is 6.23. The van der Waals surface area contributed by atoms with E-state index < -0.39 is 0 Å². The highest BCUT2D eigenvalue weighted by molar-refractivity contribution is 8.15. The molecular formula is C19H27N3O2S. The second-order valence-corrected chi connectivity index (χ2v) is 9.54. The van der Waals surface area contributed by atoms with Crippen LogP contribution in [0.2, 0.25) is 0 Å². The molecule has 1 aliphatic heterocycles. The summed E-state index contributed by atoms with van der Waals surface area (Å²) in [6.45, 7) is 8.51. The Kier molecular flexibility index (Phi) is 5.37. The van der Waals surface area contributed by atoms with E-state index in [4.69, 9.17) is 4.99 Å². The summed E-state index contributed by atoms with van der Waals surface area (Å²) in [6, 6.07) is 4.92. The molecule has 1 aromatic carbocycles. The predicted octanol–water partition coefficient (Wildman–Crippen LogP) is 5.30. The number of amidine groups is 1. The molecule has 1 saturated heterocycles. The maximum Gasteiger partial charge on any atom is 0.269 e. The molecule has 0 bridgehead atoms. The first-order valence-electron chi connectivity index (χ1n) is 9.12. The average molecular weight is 362 g/mol. The number of aryl methyl sites for hydroxylation is 1. The molecule has 0 atom stereocenters. The molecule has 0 radical (unpaired) electrons. The van der Waals surface area contributed by atoms with Gasteiger partial charge in [0.05, 0.1) is 10.6 Å². The van der Waals surface area contributed by atoms with Gasteiger partial charge in [-0.25, -0.2) is 4.99 Å². The number of thioether (sulfide) groups is 1. The fraction of sp³-hybridized carbons (Fsp3) is 0.632. The van der Waals surface area contributed by atoms with Crippen LogP contribution < -0.4 is 0 Å². The molecule has 2 fully saturated rings. The average Bonchev–Trinajstić information content (AvgIpc) is 2.83. The van der Waals surface area contributed by atoms with Crippen LogP contribution in [0.4, 0.5) is 11.4 Å². The van der Waals surface area contributed by atoms with Crippen LogP contribution in [0.25, 0.3) is 0 Å². The molecule has 0 aromatic heterocycles. The summed E-state index contributed by atoms with van der Waals surface area (Å²) in [5, 5.41) is 12.0. The van der Waals surface area contributed by atoms with Gasteiger partial charge >= 0.3 is 0 Å². The number of nitro groups is 1. The van der Waals surface area contributed by atoms with Crippen LogP contribution in [0.15, 0.2) is 23.2 Å². The van der Waals surface area contributed by atoms with Crippen molar-refractivity contribution in [1.82, 2.24) is 4.90 Å². The highest BCUT2D eigenvalue weighted by atomic mass is 32.2. The Labute approximate surface area is 154 Å². The molecule has 0 amide bonds. The number of rotatable bonds is 4. The van der Waals surface area contributed by atoms with E-state index in [0.29, 0.717) is 0 Å². The Morgan fingerprint density at radius 2 is 2.04 bits per heavy atom. The van der Waals surface area contributed by atoms with Crippen molar-refractivity contribution in [2.45, 2.75) is 57.6 Å². The molecule has 6 heteroatoms. The molecule has 5 nitrogen and oxygen atoms in total. The molecular weight excluding hydrogens is 334 g/mol. The lowest BCUT2D eigenvalue weighted by Gasteiger charge is -2.28. The van der Waals surface area contributed by atoms with Crippen LogP contribution in [0, 0.1) is 23.0 Å². The Hall–Kier alpha value is -1.56. The first-order valence-corrected chi connectivity index (χ1v) is 9.93. The van der Waals surface area contributed by atoms with Crippen molar-refractivity contribution in [3.05, 3.63) is 33.9 Å². The van der Waals surface area contributed by atoms with Crippen molar-refractivity contribution in [3.8, 4) is 0 Å². The minimum absolute atomic E-state index is 0.125. The zero-order valence-electron chi connectivity index (χ0n) is 15.3. The molecule has 0 spiro atoms. The standard InChI is InChI=1S/C19H27N3O2S/c1-14-11-16(22(23)24)9-10-17(14)20-18-21(13-19(2,3)25-18)12-15-7-5-4-6-8-15/h9-11,15H,4-8,12-13H2,1-3H3. The number of nitrogens with zero attached hydrogens (tertiary/aromatic N) is 3. The quantitative estimate of drug-likeness (QED) is 0.539.